The molecule has 116 valence electrons. The zero-order valence-corrected chi connectivity index (χ0v) is 12.1. The van der Waals surface area contributed by atoms with Crippen LogP contribution in [0, 0.1) is 0 Å². The lowest BCUT2D eigenvalue weighted by atomic mass is 9.96. The van der Waals surface area contributed by atoms with Crippen LogP contribution in [0.4, 0.5) is 13.2 Å². The molecule has 1 aliphatic rings. The molecule has 1 aromatic heterocycles. The van der Waals surface area contributed by atoms with E-state index in [0.717, 1.165) is 12.1 Å². The van der Waals surface area contributed by atoms with Crippen molar-refractivity contribution in [2.75, 3.05) is 6.54 Å². The maximum absolute atomic E-state index is 12.6. The van der Waals surface area contributed by atoms with Crippen molar-refractivity contribution in [1.82, 2.24) is 9.78 Å². The molecule has 0 saturated carbocycles. The molecule has 3 rings (SSSR count). The summed E-state index contributed by atoms with van der Waals surface area (Å²) >= 11 is 5.88. The lowest BCUT2D eigenvalue weighted by Crippen LogP contribution is -2.21. The molecule has 8 heteroatoms. The van der Waals surface area contributed by atoms with Gasteiger partial charge >= 0.3 is 6.18 Å². The van der Waals surface area contributed by atoms with Gasteiger partial charge in [0.2, 0.25) is 0 Å². The molecular weight excluding hydrogens is 317 g/mol. The second-order valence-electron chi connectivity index (χ2n) is 5.04. The summed E-state index contributed by atoms with van der Waals surface area (Å²) in [7, 11) is 0. The predicted molar refractivity (Wildman–Crippen MR) is 74.8 cm³/mol. The number of azo groups is 1. The fourth-order valence-electron chi connectivity index (χ4n) is 2.50. The van der Waals surface area contributed by atoms with Gasteiger partial charge in [0.25, 0.3) is 0 Å². The van der Waals surface area contributed by atoms with Crippen molar-refractivity contribution < 1.29 is 13.2 Å². The van der Waals surface area contributed by atoms with Gasteiger partial charge in [-0.1, -0.05) is 23.7 Å². The molecule has 0 bridgehead atoms. The van der Waals surface area contributed by atoms with Gasteiger partial charge in [-0.3, -0.25) is 4.68 Å². The number of halogens is 4. The van der Waals surface area contributed by atoms with Crippen molar-refractivity contribution in [2.24, 2.45) is 10.2 Å². The highest BCUT2D eigenvalue weighted by atomic mass is 35.5. The highest BCUT2D eigenvalue weighted by molar-refractivity contribution is 6.30. The van der Waals surface area contributed by atoms with Crippen LogP contribution in [0.3, 0.4) is 0 Å². The molecule has 4 nitrogen and oxygen atoms in total. The molecule has 2 unspecified atom stereocenters. The van der Waals surface area contributed by atoms with Crippen LogP contribution in [0.5, 0.6) is 0 Å². The second-order valence-corrected chi connectivity index (χ2v) is 5.48. The third-order valence-corrected chi connectivity index (χ3v) is 3.78. The first-order valence-corrected chi connectivity index (χ1v) is 7.06. The molecule has 2 heterocycles. The summed E-state index contributed by atoms with van der Waals surface area (Å²) in [5.41, 5.74) is -0.00393. The minimum Gasteiger partial charge on any atom is -0.265 e. The van der Waals surface area contributed by atoms with E-state index in [4.69, 9.17) is 11.6 Å². The van der Waals surface area contributed by atoms with Crippen LogP contribution in [-0.4, -0.2) is 16.3 Å². The molecule has 1 aromatic carbocycles. The number of alkyl halides is 3. The summed E-state index contributed by atoms with van der Waals surface area (Å²) in [6, 6.07) is 4.53. The number of aromatic nitrogens is 2. The number of hydrogen-bond acceptors (Lipinski definition) is 3. The van der Waals surface area contributed by atoms with Gasteiger partial charge in [0.05, 0.1) is 29.4 Å². The zero-order chi connectivity index (χ0) is 15.7. The molecule has 0 amide bonds. The molecule has 1 aliphatic heterocycles. The minimum absolute atomic E-state index is 0.110. The van der Waals surface area contributed by atoms with E-state index in [9.17, 15) is 13.2 Å². The Morgan fingerprint density at radius 3 is 2.50 bits per heavy atom. The highest BCUT2D eigenvalue weighted by Gasteiger charge is 2.32. The summed E-state index contributed by atoms with van der Waals surface area (Å²) in [6.45, 7) is 0.555. The van der Waals surface area contributed by atoms with Gasteiger partial charge < -0.3 is 0 Å². The molecule has 0 spiro atoms. The van der Waals surface area contributed by atoms with Crippen LogP contribution in [0.2, 0.25) is 5.02 Å². The van der Waals surface area contributed by atoms with Crippen molar-refractivity contribution >= 4 is 11.6 Å². The average molecular weight is 329 g/mol. The van der Waals surface area contributed by atoms with Gasteiger partial charge in [0, 0.05) is 6.20 Å². The third kappa shape index (κ3) is 2.99. The second kappa shape index (κ2) is 5.72. The van der Waals surface area contributed by atoms with Crippen molar-refractivity contribution in [3.05, 3.63) is 52.8 Å². The Morgan fingerprint density at radius 1 is 1.18 bits per heavy atom. The smallest absolute Gasteiger partial charge is 0.265 e. The van der Waals surface area contributed by atoms with Crippen LogP contribution in [0.1, 0.15) is 29.6 Å². The Morgan fingerprint density at radius 2 is 1.91 bits per heavy atom. The van der Waals surface area contributed by atoms with E-state index in [1.807, 2.05) is 0 Å². The van der Waals surface area contributed by atoms with E-state index >= 15 is 0 Å². The van der Waals surface area contributed by atoms with Crippen molar-refractivity contribution in [3.63, 3.8) is 0 Å². The van der Waals surface area contributed by atoms with Gasteiger partial charge in [-0.25, -0.2) is 0 Å². The van der Waals surface area contributed by atoms with E-state index < -0.39 is 11.7 Å². The molecule has 0 fully saturated rings. The zero-order valence-electron chi connectivity index (χ0n) is 11.3. The van der Waals surface area contributed by atoms with E-state index in [1.54, 1.807) is 10.9 Å². The Kier molecular flexibility index (Phi) is 3.90. The standard InChI is InChI=1S/C14H12ClF3N4/c15-11-7-20-22(8-11)12-5-6-19-21-13(12)9-1-3-10(4-2-9)14(16,17)18/h1-4,7-8,12-13H,5-6H2. The molecule has 0 aliphatic carbocycles. The topological polar surface area (TPSA) is 42.5 Å². The molecule has 0 saturated heterocycles. The van der Waals surface area contributed by atoms with Gasteiger partial charge in [0.1, 0.15) is 6.04 Å². The maximum Gasteiger partial charge on any atom is 0.416 e. The van der Waals surface area contributed by atoms with Gasteiger partial charge in [-0.2, -0.15) is 28.5 Å². The molecule has 2 atom stereocenters. The van der Waals surface area contributed by atoms with Gasteiger partial charge in [-0.05, 0) is 24.1 Å². The van der Waals surface area contributed by atoms with Crippen LogP contribution < -0.4 is 0 Å². The van der Waals surface area contributed by atoms with E-state index in [-0.39, 0.29) is 12.1 Å². The van der Waals surface area contributed by atoms with Gasteiger partial charge in [-0.15, -0.1) is 0 Å². The highest BCUT2D eigenvalue weighted by Crippen LogP contribution is 2.37. The minimum atomic E-state index is -4.35. The largest absolute Gasteiger partial charge is 0.416 e. The summed E-state index contributed by atoms with van der Waals surface area (Å²) in [6.07, 6.45) is -0.435. The number of benzene rings is 1. The molecule has 2 aromatic rings. The summed E-state index contributed by atoms with van der Waals surface area (Å²) in [5.74, 6) is 0. The summed E-state index contributed by atoms with van der Waals surface area (Å²) in [4.78, 5) is 0. The Balaban J connectivity index is 1.91. The van der Waals surface area contributed by atoms with Gasteiger partial charge in [0.15, 0.2) is 0 Å². The molecular formula is C14H12ClF3N4. The molecule has 0 N–H and O–H groups in total. The van der Waals surface area contributed by atoms with Crippen molar-refractivity contribution in [1.29, 1.82) is 0 Å². The quantitative estimate of drug-likeness (QED) is 0.788. The Hall–Kier alpha value is -1.89. The third-order valence-electron chi connectivity index (χ3n) is 3.58. The lowest BCUT2D eigenvalue weighted by Gasteiger charge is -2.26. The van der Waals surface area contributed by atoms with E-state index in [2.05, 4.69) is 15.3 Å². The first-order chi connectivity index (χ1) is 10.4. The number of hydrogen-bond donors (Lipinski definition) is 0. The average Bonchev–Trinajstić information content (AvgIpc) is 2.93. The van der Waals surface area contributed by atoms with E-state index in [0.29, 0.717) is 23.6 Å². The first-order valence-electron chi connectivity index (χ1n) is 6.68. The number of rotatable bonds is 2. The fraction of sp³-hybridized carbons (Fsp3) is 0.357. The van der Waals surface area contributed by atoms with Crippen LogP contribution >= 0.6 is 11.6 Å². The van der Waals surface area contributed by atoms with Crippen LogP contribution in [-0.2, 0) is 6.18 Å². The Bertz CT molecular complexity index is 678. The van der Waals surface area contributed by atoms with Crippen LogP contribution in [0.25, 0.3) is 0 Å². The van der Waals surface area contributed by atoms with Crippen LogP contribution in [0.15, 0.2) is 46.9 Å². The summed E-state index contributed by atoms with van der Waals surface area (Å²) < 4.78 is 39.6. The molecule has 0 radical (unpaired) electrons. The predicted octanol–water partition coefficient (Wildman–Crippen LogP) is 4.69. The van der Waals surface area contributed by atoms with Crippen molar-refractivity contribution in [3.8, 4) is 0 Å². The van der Waals surface area contributed by atoms with E-state index in [1.165, 1.54) is 18.3 Å². The normalized spacial score (nSPS) is 22.0. The lowest BCUT2D eigenvalue weighted by molar-refractivity contribution is -0.137. The fourth-order valence-corrected chi connectivity index (χ4v) is 2.65. The monoisotopic (exact) mass is 328 g/mol. The summed E-state index contributed by atoms with van der Waals surface area (Å²) in [5, 5.41) is 12.9. The number of nitrogens with zero attached hydrogens (tertiary/aromatic N) is 4. The first kappa shape index (κ1) is 15.0. The van der Waals surface area contributed by atoms with Crippen molar-refractivity contribution in [2.45, 2.75) is 24.7 Å². The molecule has 22 heavy (non-hydrogen) atoms. The SMILES string of the molecule is FC(F)(F)c1ccc(C2N=NCCC2n2cc(Cl)cn2)cc1. The Labute approximate surface area is 129 Å². The maximum atomic E-state index is 12.6.